The lowest BCUT2D eigenvalue weighted by atomic mass is 9.95. The second kappa shape index (κ2) is 10.4. The fourth-order valence-electron chi connectivity index (χ4n) is 5.35. The summed E-state index contributed by atoms with van der Waals surface area (Å²) >= 11 is 6.91. The Kier molecular flexibility index (Phi) is 7.10. The lowest BCUT2D eigenvalue weighted by molar-refractivity contribution is 0.102. The van der Waals surface area contributed by atoms with Gasteiger partial charge in [0.2, 0.25) is 5.88 Å². The van der Waals surface area contributed by atoms with Crippen LogP contribution < -0.4 is 21.3 Å². The number of methoxy groups -OCH3 is 1. The molecule has 1 aliphatic carbocycles. The van der Waals surface area contributed by atoms with Crippen molar-refractivity contribution < 1.29 is 13.9 Å². The third-order valence-electron chi connectivity index (χ3n) is 7.54. The number of halogens is 2. The van der Waals surface area contributed by atoms with E-state index in [0.717, 1.165) is 33.1 Å². The first-order chi connectivity index (χ1) is 19.0. The average Bonchev–Trinajstić information content (AvgIpc) is 3.32. The number of rotatable bonds is 5. The molecule has 2 aromatic heterocycles. The largest absolute Gasteiger partial charge is 0.481 e. The van der Waals surface area contributed by atoms with Gasteiger partial charge >= 0.3 is 5.69 Å². The van der Waals surface area contributed by atoms with E-state index < -0.39 is 23.0 Å². The molecule has 1 atom stereocenters. The molecule has 2 heterocycles. The molecule has 1 aliphatic rings. The van der Waals surface area contributed by atoms with Crippen LogP contribution in [0.3, 0.4) is 0 Å². The first kappa shape index (κ1) is 27.3. The van der Waals surface area contributed by atoms with Crippen LogP contribution >= 0.6 is 11.6 Å². The van der Waals surface area contributed by atoms with Crippen LogP contribution in [-0.2, 0) is 20.5 Å². The lowest BCUT2D eigenvalue weighted by Gasteiger charge is -2.17. The summed E-state index contributed by atoms with van der Waals surface area (Å²) in [5, 5.41) is 2.99. The van der Waals surface area contributed by atoms with Crippen LogP contribution in [0.5, 0.6) is 5.88 Å². The van der Waals surface area contributed by atoms with E-state index in [4.69, 9.17) is 21.3 Å². The van der Waals surface area contributed by atoms with Gasteiger partial charge in [-0.05, 0) is 55.0 Å². The SMILES string of the molecule is COc1nc(-c2cccc(-c3c(F)ccc(NC(=O)c4cn(C)c(=O)n(C)c4=O)c3C)c2Cl)cc2c1[C@@H](C)CC2. The molecule has 0 radical (unpaired) electrons. The van der Waals surface area contributed by atoms with Crippen LogP contribution in [0, 0.1) is 12.7 Å². The van der Waals surface area contributed by atoms with Gasteiger partial charge in [-0.25, -0.2) is 14.2 Å². The van der Waals surface area contributed by atoms with Gasteiger partial charge in [0, 0.05) is 48.2 Å². The number of aromatic nitrogens is 3. The minimum absolute atomic E-state index is 0.208. The van der Waals surface area contributed by atoms with Crippen molar-refractivity contribution in [3.05, 3.63) is 96.5 Å². The van der Waals surface area contributed by atoms with Gasteiger partial charge < -0.3 is 14.6 Å². The minimum atomic E-state index is -0.733. The van der Waals surface area contributed by atoms with E-state index in [1.54, 1.807) is 26.2 Å². The van der Waals surface area contributed by atoms with Crippen molar-refractivity contribution in [2.45, 2.75) is 32.6 Å². The number of carbonyl (C=O) groups excluding carboxylic acids is 1. The van der Waals surface area contributed by atoms with Gasteiger partial charge in [0.05, 0.1) is 17.8 Å². The number of carbonyl (C=O) groups is 1. The number of pyridine rings is 1. The number of amides is 1. The highest BCUT2D eigenvalue weighted by atomic mass is 35.5. The van der Waals surface area contributed by atoms with Crippen LogP contribution in [-0.4, -0.2) is 27.1 Å². The van der Waals surface area contributed by atoms with E-state index in [1.807, 2.05) is 12.1 Å². The van der Waals surface area contributed by atoms with Gasteiger partial charge in [0.1, 0.15) is 11.4 Å². The molecule has 0 fully saturated rings. The molecule has 0 saturated heterocycles. The zero-order valence-corrected chi connectivity index (χ0v) is 23.5. The molecule has 40 heavy (non-hydrogen) atoms. The highest BCUT2D eigenvalue weighted by Gasteiger charge is 2.26. The Labute approximate surface area is 235 Å². The maximum atomic E-state index is 15.3. The van der Waals surface area contributed by atoms with Crippen molar-refractivity contribution in [2.24, 2.45) is 14.1 Å². The predicted octanol–water partition coefficient (Wildman–Crippen LogP) is 5.22. The fraction of sp³-hybridized carbons (Fsp3) is 0.267. The average molecular weight is 563 g/mol. The summed E-state index contributed by atoms with van der Waals surface area (Å²) in [6.45, 7) is 3.81. The van der Waals surface area contributed by atoms with Crippen LogP contribution in [0.1, 0.15) is 46.3 Å². The molecule has 0 spiro atoms. The first-order valence-electron chi connectivity index (χ1n) is 12.8. The molecule has 1 N–H and O–H groups in total. The van der Waals surface area contributed by atoms with E-state index >= 15 is 4.39 Å². The van der Waals surface area contributed by atoms with E-state index in [2.05, 4.69) is 12.2 Å². The molecule has 206 valence electrons. The van der Waals surface area contributed by atoms with Crippen molar-refractivity contribution in [3.8, 4) is 28.3 Å². The third kappa shape index (κ3) is 4.50. The van der Waals surface area contributed by atoms with Crippen molar-refractivity contribution in [1.82, 2.24) is 14.1 Å². The van der Waals surface area contributed by atoms with Crippen LogP contribution in [0.4, 0.5) is 10.1 Å². The van der Waals surface area contributed by atoms with Crippen molar-refractivity contribution in [3.63, 3.8) is 0 Å². The zero-order chi connectivity index (χ0) is 28.9. The molecule has 8 nitrogen and oxygen atoms in total. The summed E-state index contributed by atoms with van der Waals surface area (Å²) in [7, 11) is 4.34. The normalized spacial score (nSPS) is 14.2. The van der Waals surface area contributed by atoms with Gasteiger partial charge in [-0.2, -0.15) is 0 Å². The predicted molar refractivity (Wildman–Crippen MR) is 153 cm³/mol. The number of nitrogens with one attached hydrogen (secondary N) is 1. The quantitative estimate of drug-likeness (QED) is 0.360. The number of aryl methyl sites for hydroxylation is 2. The van der Waals surface area contributed by atoms with E-state index in [0.29, 0.717) is 44.9 Å². The molecular weight excluding hydrogens is 535 g/mol. The molecule has 0 aliphatic heterocycles. The first-order valence-corrected chi connectivity index (χ1v) is 13.1. The fourth-order valence-corrected chi connectivity index (χ4v) is 5.66. The van der Waals surface area contributed by atoms with Crippen molar-refractivity contribution in [1.29, 1.82) is 0 Å². The Morgan fingerprint density at radius 2 is 1.90 bits per heavy atom. The highest BCUT2D eigenvalue weighted by Crippen LogP contribution is 2.44. The molecule has 0 saturated carbocycles. The Hall–Kier alpha value is -4.24. The van der Waals surface area contributed by atoms with Gasteiger partial charge in [-0.1, -0.05) is 36.7 Å². The summed E-state index contributed by atoms with van der Waals surface area (Å²) in [5.41, 5.74) is 3.37. The monoisotopic (exact) mass is 562 g/mol. The van der Waals surface area contributed by atoms with Gasteiger partial charge in [0.15, 0.2) is 0 Å². The zero-order valence-electron chi connectivity index (χ0n) is 22.8. The highest BCUT2D eigenvalue weighted by molar-refractivity contribution is 6.36. The van der Waals surface area contributed by atoms with Gasteiger partial charge in [-0.3, -0.25) is 14.2 Å². The maximum absolute atomic E-state index is 15.3. The van der Waals surface area contributed by atoms with E-state index in [-0.39, 0.29) is 11.1 Å². The molecule has 1 amide bonds. The lowest BCUT2D eigenvalue weighted by Crippen LogP contribution is -2.40. The van der Waals surface area contributed by atoms with Crippen molar-refractivity contribution in [2.75, 3.05) is 12.4 Å². The number of fused-ring (bicyclic) bond motifs is 1. The Balaban J connectivity index is 1.57. The summed E-state index contributed by atoms with van der Waals surface area (Å²) < 4.78 is 23.0. The summed E-state index contributed by atoms with van der Waals surface area (Å²) in [5.74, 6) is -0.333. The number of anilines is 1. The van der Waals surface area contributed by atoms with Crippen LogP contribution in [0.15, 0.2) is 52.2 Å². The van der Waals surface area contributed by atoms with Crippen LogP contribution in [0.25, 0.3) is 22.4 Å². The summed E-state index contributed by atoms with van der Waals surface area (Å²) in [4.78, 5) is 42.3. The summed E-state index contributed by atoms with van der Waals surface area (Å²) in [6.07, 6.45) is 3.10. The number of nitrogens with zero attached hydrogens (tertiary/aromatic N) is 3. The Morgan fingerprint density at radius 1 is 1.18 bits per heavy atom. The van der Waals surface area contributed by atoms with Crippen molar-refractivity contribution >= 4 is 23.2 Å². The van der Waals surface area contributed by atoms with Gasteiger partial charge in [-0.15, -0.1) is 0 Å². The number of hydrogen-bond acceptors (Lipinski definition) is 5. The third-order valence-corrected chi connectivity index (χ3v) is 7.95. The van der Waals surface area contributed by atoms with Gasteiger partial charge in [0.25, 0.3) is 11.5 Å². The molecule has 0 bridgehead atoms. The Bertz CT molecular complexity index is 1810. The molecule has 10 heteroatoms. The minimum Gasteiger partial charge on any atom is -0.481 e. The standard InChI is InChI=1S/C30H28ClFN4O4/c1-15-9-10-17-13-23(34-28(40-5)24(15)17)18-7-6-8-19(26(18)31)25-16(2)22(12-11-21(25)32)33-27(37)20-14-35(3)30(39)36(4)29(20)38/h6-8,11-15H,9-10H2,1-5H3,(H,33,37)/t15-/m0/s1. The van der Waals surface area contributed by atoms with Crippen LogP contribution in [0.2, 0.25) is 5.02 Å². The number of ether oxygens (including phenoxy) is 1. The maximum Gasteiger partial charge on any atom is 0.330 e. The molecule has 5 rings (SSSR count). The van der Waals surface area contributed by atoms with E-state index in [1.165, 1.54) is 32.4 Å². The number of hydrogen-bond donors (Lipinski definition) is 1. The topological polar surface area (TPSA) is 95.2 Å². The molecule has 0 unspecified atom stereocenters. The molecule has 2 aromatic carbocycles. The summed E-state index contributed by atoms with van der Waals surface area (Å²) in [6, 6.07) is 9.98. The molecule has 4 aromatic rings. The molecular formula is C30H28ClFN4O4. The Morgan fingerprint density at radius 3 is 2.62 bits per heavy atom. The second-order valence-electron chi connectivity index (χ2n) is 10.0. The number of benzene rings is 2. The second-order valence-corrected chi connectivity index (χ2v) is 10.4. The van der Waals surface area contributed by atoms with E-state index in [9.17, 15) is 14.4 Å². The smallest absolute Gasteiger partial charge is 0.330 e.